The van der Waals surface area contributed by atoms with Crippen molar-refractivity contribution < 1.29 is 5.11 Å². The minimum Gasteiger partial charge on any atom is -0.392 e. The molecule has 1 N–H and O–H groups in total. The van der Waals surface area contributed by atoms with Crippen molar-refractivity contribution in [2.45, 2.75) is 26.9 Å². The van der Waals surface area contributed by atoms with Crippen LogP contribution in [0.5, 0.6) is 0 Å². The van der Waals surface area contributed by atoms with E-state index in [1.165, 1.54) is 5.56 Å². The molecule has 1 aromatic rings. The Bertz CT molecular complexity index is 215. The van der Waals surface area contributed by atoms with Gasteiger partial charge in [0.2, 0.25) is 0 Å². The maximum Gasteiger partial charge on any atom is 0.0692 e. The summed E-state index contributed by atoms with van der Waals surface area (Å²) in [6.07, 6.45) is 1.08. The summed E-state index contributed by atoms with van der Waals surface area (Å²) >= 11 is 1.67. The molecule has 0 bridgehead atoms. The Labute approximate surface area is 71.7 Å². The van der Waals surface area contributed by atoms with E-state index < -0.39 is 0 Å². The number of hydrogen-bond acceptors (Lipinski definition) is 2. The Kier molecular flexibility index (Phi) is 3.09. The van der Waals surface area contributed by atoms with Gasteiger partial charge >= 0.3 is 0 Å². The van der Waals surface area contributed by atoms with E-state index in [1.807, 2.05) is 5.38 Å². The molecule has 2 heteroatoms. The summed E-state index contributed by atoms with van der Waals surface area (Å²) in [5.74, 6) is 0.676. The summed E-state index contributed by atoms with van der Waals surface area (Å²) in [5.41, 5.74) is 2.41. The van der Waals surface area contributed by atoms with Gasteiger partial charge in [0.05, 0.1) is 6.61 Å². The number of rotatable bonds is 3. The fourth-order valence-electron chi connectivity index (χ4n) is 1.11. The molecular formula is C9H14OS. The zero-order chi connectivity index (χ0) is 8.27. The first-order chi connectivity index (χ1) is 5.24. The molecule has 0 saturated heterocycles. The zero-order valence-corrected chi connectivity index (χ0v) is 7.82. The molecule has 0 aliphatic rings. The highest BCUT2D eigenvalue weighted by Crippen LogP contribution is 2.18. The van der Waals surface area contributed by atoms with Gasteiger partial charge in [0.1, 0.15) is 0 Å². The predicted octanol–water partition coefficient (Wildman–Crippen LogP) is 2.44. The fourth-order valence-corrected chi connectivity index (χ4v) is 1.98. The van der Waals surface area contributed by atoms with Gasteiger partial charge in [-0.1, -0.05) is 13.8 Å². The average molecular weight is 170 g/mol. The predicted molar refractivity (Wildman–Crippen MR) is 48.8 cm³/mol. The molecule has 0 radical (unpaired) electrons. The standard InChI is InChI=1S/C9H14OS/c1-7(2)3-8-5-11-6-9(8)4-10/h5-7,10H,3-4H2,1-2H3. The lowest BCUT2D eigenvalue weighted by Crippen LogP contribution is -1.95. The molecule has 0 amide bonds. The van der Waals surface area contributed by atoms with E-state index in [2.05, 4.69) is 19.2 Å². The highest BCUT2D eigenvalue weighted by molar-refractivity contribution is 7.08. The third-order valence-electron chi connectivity index (χ3n) is 1.63. The molecule has 11 heavy (non-hydrogen) atoms. The van der Waals surface area contributed by atoms with Crippen molar-refractivity contribution >= 4 is 11.3 Å². The van der Waals surface area contributed by atoms with E-state index >= 15 is 0 Å². The quantitative estimate of drug-likeness (QED) is 0.738. The second-order valence-electron chi connectivity index (χ2n) is 3.18. The van der Waals surface area contributed by atoms with Gasteiger partial charge in [-0.25, -0.2) is 0 Å². The highest BCUT2D eigenvalue weighted by Gasteiger charge is 2.03. The Morgan fingerprint density at radius 1 is 1.36 bits per heavy atom. The number of thiophene rings is 1. The first-order valence-corrected chi connectivity index (χ1v) is 4.83. The lowest BCUT2D eigenvalue weighted by Gasteiger charge is -2.03. The zero-order valence-electron chi connectivity index (χ0n) is 7.00. The molecule has 1 aromatic heterocycles. The molecule has 0 spiro atoms. The van der Waals surface area contributed by atoms with Gasteiger partial charge in [0, 0.05) is 0 Å². The van der Waals surface area contributed by atoms with Crippen LogP contribution in [0.1, 0.15) is 25.0 Å². The Hall–Kier alpha value is -0.340. The first-order valence-electron chi connectivity index (χ1n) is 3.89. The van der Waals surface area contributed by atoms with Crippen LogP contribution in [0.2, 0.25) is 0 Å². The summed E-state index contributed by atoms with van der Waals surface area (Å²) in [6, 6.07) is 0. The lowest BCUT2D eigenvalue weighted by atomic mass is 10.0. The number of aliphatic hydroxyl groups is 1. The molecule has 1 nitrogen and oxygen atoms in total. The SMILES string of the molecule is CC(C)Cc1cscc1CO. The molecule has 0 fully saturated rings. The maximum atomic E-state index is 8.93. The fraction of sp³-hybridized carbons (Fsp3) is 0.556. The first kappa shape index (κ1) is 8.75. The second kappa shape index (κ2) is 3.88. The van der Waals surface area contributed by atoms with Crippen LogP contribution in [0.15, 0.2) is 10.8 Å². The number of hydrogen-bond donors (Lipinski definition) is 1. The monoisotopic (exact) mass is 170 g/mol. The van der Waals surface area contributed by atoms with Crippen LogP contribution in [0.25, 0.3) is 0 Å². The van der Waals surface area contributed by atoms with Gasteiger partial charge < -0.3 is 5.11 Å². The Morgan fingerprint density at radius 2 is 2.00 bits per heavy atom. The highest BCUT2D eigenvalue weighted by atomic mass is 32.1. The third kappa shape index (κ3) is 2.31. The second-order valence-corrected chi connectivity index (χ2v) is 3.92. The maximum absolute atomic E-state index is 8.93. The minimum atomic E-state index is 0.186. The molecule has 0 saturated carbocycles. The summed E-state index contributed by atoms with van der Waals surface area (Å²) in [4.78, 5) is 0. The van der Waals surface area contributed by atoms with Gasteiger partial charge in [0.25, 0.3) is 0 Å². The van der Waals surface area contributed by atoms with Crippen LogP contribution in [-0.4, -0.2) is 5.11 Å². The lowest BCUT2D eigenvalue weighted by molar-refractivity contribution is 0.281. The van der Waals surface area contributed by atoms with Crippen molar-refractivity contribution in [3.05, 3.63) is 21.9 Å². The van der Waals surface area contributed by atoms with E-state index in [0.717, 1.165) is 12.0 Å². The third-order valence-corrected chi connectivity index (χ3v) is 2.47. The molecule has 1 heterocycles. The summed E-state index contributed by atoms with van der Waals surface area (Å²) < 4.78 is 0. The molecular weight excluding hydrogens is 156 g/mol. The molecule has 1 rings (SSSR count). The van der Waals surface area contributed by atoms with Crippen molar-refractivity contribution in [3.8, 4) is 0 Å². The largest absolute Gasteiger partial charge is 0.392 e. The van der Waals surface area contributed by atoms with Gasteiger partial charge in [-0.05, 0) is 34.2 Å². The Morgan fingerprint density at radius 3 is 2.55 bits per heavy atom. The molecule has 62 valence electrons. The van der Waals surface area contributed by atoms with Crippen LogP contribution in [0.4, 0.5) is 0 Å². The summed E-state index contributed by atoms with van der Waals surface area (Å²) in [5, 5.41) is 13.1. The van der Waals surface area contributed by atoms with Crippen molar-refractivity contribution in [2.24, 2.45) is 5.92 Å². The van der Waals surface area contributed by atoms with Gasteiger partial charge in [-0.15, -0.1) is 0 Å². The van der Waals surface area contributed by atoms with Crippen LogP contribution >= 0.6 is 11.3 Å². The molecule has 0 aliphatic carbocycles. The van der Waals surface area contributed by atoms with E-state index in [1.54, 1.807) is 11.3 Å². The van der Waals surface area contributed by atoms with Crippen molar-refractivity contribution in [2.75, 3.05) is 0 Å². The van der Waals surface area contributed by atoms with Gasteiger partial charge in [-0.2, -0.15) is 11.3 Å². The summed E-state index contributed by atoms with van der Waals surface area (Å²) in [7, 11) is 0. The van der Waals surface area contributed by atoms with Crippen molar-refractivity contribution in [1.82, 2.24) is 0 Å². The van der Waals surface area contributed by atoms with Crippen molar-refractivity contribution in [1.29, 1.82) is 0 Å². The van der Waals surface area contributed by atoms with E-state index in [0.29, 0.717) is 5.92 Å². The van der Waals surface area contributed by atoms with Crippen LogP contribution in [0.3, 0.4) is 0 Å². The molecule has 0 unspecified atom stereocenters. The topological polar surface area (TPSA) is 20.2 Å². The van der Waals surface area contributed by atoms with Gasteiger partial charge in [0.15, 0.2) is 0 Å². The van der Waals surface area contributed by atoms with Crippen LogP contribution in [0, 0.1) is 5.92 Å². The average Bonchev–Trinajstić information content (AvgIpc) is 2.34. The smallest absolute Gasteiger partial charge is 0.0692 e. The van der Waals surface area contributed by atoms with E-state index in [4.69, 9.17) is 5.11 Å². The molecule has 0 aromatic carbocycles. The summed E-state index contributed by atoms with van der Waals surface area (Å²) in [6.45, 7) is 4.57. The van der Waals surface area contributed by atoms with E-state index in [9.17, 15) is 0 Å². The molecule has 0 atom stereocenters. The number of aliphatic hydroxyl groups excluding tert-OH is 1. The minimum absolute atomic E-state index is 0.186. The van der Waals surface area contributed by atoms with E-state index in [-0.39, 0.29) is 6.61 Å². The van der Waals surface area contributed by atoms with Gasteiger partial charge in [-0.3, -0.25) is 0 Å². The van der Waals surface area contributed by atoms with Crippen LogP contribution < -0.4 is 0 Å². The van der Waals surface area contributed by atoms with Crippen molar-refractivity contribution in [3.63, 3.8) is 0 Å². The van der Waals surface area contributed by atoms with Crippen LogP contribution in [-0.2, 0) is 13.0 Å². The normalized spacial score (nSPS) is 10.9. The molecule has 0 aliphatic heterocycles. The Balaban J connectivity index is 2.68.